The van der Waals surface area contributed by atoms with Crippen LogP contribution in [0.4, 0.5) is 0 Å². The first kappa shape index (κ1) is 20.2. The number of hydrogen-bond acceptors (Lipinski definition) is 8. The highest BCUT2D eigenvalue weighted by Gasteiger charge is 2.40. The van der Waals surface area contributed by atoms with Gasteiger partial charge in [0.15, 0.2) is 23.1 Å². The maximum atomic E-state index is 13.5. The molecule has 0 amide bonds. The van der Waals surface area contributed by atoms with Crippen molar-refractivity contribution in [3.8, 4) is 23.0 Å². The summed E-state index contributed by atoms with van der Waals surface area (Å²) in [6.45, 7) is 1.56. The fraction of sp³-hybridized carbons (Fsp3) is 0.286. The number of ketones is 2. The van der Waals surface area contributed by atoms with Crippen LogP contribution in [-0.4, -0.2) is 53.1 Å². The van der Waals surface area contributed by atoms with Gasteiger partial charge in [-0.3, -0.25) is 9.59 Å². The van der Waals surface area contributed by atoms with Crippen LogP contribution in [0.15, 0.2) is 12.1 Å². The zero-order valence-electron chi connectivity index (χ0n) is 16.9. The first-order chi connectivity index (χ1) is 13.9. The summed E-state index contributed by atoms with van der Waals surface area (Å²) < 4.78 is 26.1. The lowest BCUT2D eigenvalue weighted by molar-refractivity contribution is 0.0595. The van der Waals surface area contributed by atoms with Crippen molar-refractivity contribution in [2.75, 3.05) is 35.5 Å². The fourth-order valence-electron chi connectivity index (χ4n) is 3.61. The molecule has 0 aromatic heterocycles. The molecule has 2 aromatic carbocycles. The number of carbonyl (C=O) groups excluding carboxylic acids is 3. The van der Waals surface area contributed by atoms with Crippen LogP contribution in [0.5, 0.6) is 23.0 Å². The highest BCUT2D eigenvalue weighted by atomic mass is 16.5. The molecule has 0 saturated carbocycles. The normalized spacial score (nSPS) is 12.1. The van der Waals surface area contributed by atoms with Gasteiger partial charge in [-0.25, -0.2) is 4.79 Å². The first-order valence-corrected chi connectivity index (χ1v) is 8.58. The van der Waals surface area contributed by atoms with Crippen LogP contribution in [0.3, 0.4) is 0 Å². The monoisotopic (exact) mass is 400 g/mol. The van der Waals surface area contributed by atoms with E-state index in [0.717, 1.165) is 0 Å². The molecule has 3 rings (SSSR count). The minimum absolute atomic E-state index is 0.0188. The Hall–Kier alpha value is -3.55. The lowest BCUT2D eigenvalue weighted by Gasteiger charge is -2.25. The van der Waals surface area contributed by atoms with Crippen LogP contribution >= 0.6 is 0 Å². The number of rotatable bonds is 5. The molecule has 0 atom stereocenters. The van der Waals surface area contributed by atoms with Gasteiger partial charge >= 0.3 is 5.97 Å². The van der Waals surface area contributed by atoms with Gasteiger partial charge in [-0.15, -0.1) is 0 Å². The molecule has 0 heterocycles. The standard InChI is InChI=1S/C21H20O8/c1-9-14-10(7-11(25-2)15(9)21(24)29-6)18(22)16-12(26-3)8-13(27-4)20(28-5)17(16)19(14)23/h7-8H,1-6H3. The summed E-state index contributed by atoms with van der Waals surface area (Å²) in [5, 5.41) is 0. The number of hydrogen-bond donors (Lipinski definition) is 0. The fourth-order valence-corrected chi connectivity index (χ4v) is 3.61. The second-order valence-electron chi connectivity index (χ2n) is 6.22. The number of ether oxygens (including phenoxy) is 5. The molecule has 8 nitrogen and oxygen atoms in total. The Bertz CT molecular complexity index is 1050. The molecule has 0 N–H and O–H groups in total. The van der Waals surface area contributed by atoms with E-state index in [0.29, 0.717) is 0 Å². The minimum Gasteiger partial charge on any atom is -0.496 e. The highest BCUT2D eigenvalue weighted by molar-refractivity contribution is 6.31. The number of esters is 1. The summed E-state index contributed by atoms with van der Waals surface area (Å²) in [5.74, 6) is -0.954. The van der Waals surface area contributed by atoms with E-state index in [2.05, 4.69) is 0 Å². The van der Waals surface area contributed by atoms with E-state index >= 15 is 0 Å². The summed E-state index contributed by atoms with van der Waals surface area (Å²) in [6, 6.07) is 2.86. The molecular formula is C21H20O8. The third kappa shape index (κ3) is 2.79. The summed E-state index contributed by atoms with van der Waals surface area (Å²) in [6.07, 6.45) is 0. The van der Waals surface area contributed by atoms with Crippen molar-refractivity contribution in [3.63, 3.8) is 0 Å². The van der Waals surface area contributed by atoms with E-state index in [9.17, 15) is 14.4 Å². The predicted molar refractivity (Wildman–Crippen MR) is 102 cm³/mol. The molecule has 1 aliphatic carbocycles. The Kier molecular flexibility index (Phi) is 5.19. The van der Waals surface area contributed by atoms with Crippen molar-refractivity contribution in [1.29, 1.82) is 0 Å². The van der Waals surface area contributed by atoms with Crippen molar-refractivity contribution < 1.29 is 38.1 Å². The summed E-state index contributed by atoms with van der Waals surface area (Å²) in [5.41, 5.74) is 0.624. The van der Waals surface area contributed by atoms with E-state index in [4.69, 9.17) is 23.7 Å². The van der Waals surface area contributed by atoms with Gasteiger partial charge in [-0.05, 0) is 18.6 Å². The summed E-state index contributed by atoms with van der Waals surface area (Å²) in [7, 11) is 6.77. The maximum Gasteiger partial charge on any atom is 0.341 e. The number of carbonyl (C=O) groups is 3. The molecule has 8 heteroatoms. The van der Waals surface area contributed by atoms with Crippen LogP contribution < -0.4 is 18.9 Å². The Morgan fingerprint density at radius 3 is 1.86 bits per heavy atom. The van der Waals surface area contributed by atoms with Gasteiger partial charge < -0.3 is 23.7 Å². The van der Waals surface area contributed by atoms with Crippen molar-refractivity contribution in [1.82, 2.24) is 0 Å². The zero-order chi connectivity index (χ0) is 21.5. The topological polar surface area (TPSA) is 97.4 Å². The number of benzene rings is 2. The third-order valence-corrected chi connectivity index (χ3v) is 4.93. The van der Waals surface area contributed by atoms with Crippen LogP contribution in [-0.2, 0) is 4.74 Å². The molecule has 1 aliphatic rings. The smallest absolute Gasteiger partial charge is 0.341 e. The van der Waals surface area contributed by atoms with Gasteiger partial charge in [0.2, 0.25) is 0 Å². The molecule has 0 fully saturated rings. The average molecular weight is 400 g/mol. The predicted octanol–water partition coefficient (Wildman–Crippen LogP) is 2.59. The molecule has 0 bridgehead atoms. The summed E-state index contributed by atoms with van der Waals surface area (Å²) >= 11 is 0. The molecular weight excluding hydrogens is 380 g/mol. The largest absolute Gasteiger partial charge is 0.496 e. The Morgan fingerprint density at radius 2 is 1.34 bits per heavy atom. The van der Waals surface area contributed by atoms with Crippen LogP contribution in [0, 0.1) is 6.92 Å². The Balaban J connectivity index is 2.44. The van der Waals surface area contributed by atoms with Gasteiger partial charge in [0.1, 0.15) is 17.1 Å². The van der Waals surface area contributed by atoms with Crippen LogP contribution in [0.1, 0.15) is 47.8 Å². The second-order valence-corrected chi connectivity index (χ2v) is 6.22. The summed E-state index contributed by atoms with van der Waals surface area (Å²) in [4.78, 5) is 39.2. The third-order valence-electron chi connectivity index (χ3n) is 4.93. The van der Waals surface area contributed by atoms with E-state index in [1.54, 1.807) is 6.92 Å². The Labute approximate surface area is 167 Å². The van der Waals surface area contributed by atoms with Crippen molar-refractivity contribution in [3.05, 3.63) is 45.5 Å². The molecule has 0 aliphatic heterocycles. The van der Waals surface area contributed by atoms with Gasteiger partial charge in [0, 0.05) is 17.2 Å². The van der Waals surface area contributed by atoms with Gasteiger partial charge in [-0.2, -0.15) is 0 Å². The zero-order valence-corrected chi connectivity index (χ0v) is 16.9. The molecule has 2 aromatic rings. The lowest BCUT2D eigenvalue weighted by Crippen LogP contribution is -2.25. The quantitative estimate of drug-likeness (QED) is 0.603. The number of fused-ring (bicyclic) bond motifs is 2. The molecule has 0 spiro atoms. The van der Waals surface area contributed by atoms with Crippen molar-refractivity contribution in [2.45, 2.75) is 6.92 Å². The molecule has 0 radical (unpaired) electrons. The lowest BCUT2D eigenvalue weighted by atomic mass is 9.79. The van der Waals surface area contributed by atoms with Crippen molar-refractivity contribution >= 4 is 17.5 Å². The van der Waals surface area contributed by atoms with Crippen LogP contribution in [0.25, 0.3) is 0 Å². The minimum atomic E-state index is -0.677. The van der Waals surface area contributed by atoms with Gasteiger partial charge in [0.05, 0.1) is 46.7 Å². The van der Waals surface area contributed by atoms with E-state index in [-0.39, 0.29) is 56.4 Å². The van der Waals surface area contributed by atoms with E-state index in [1.165, 1.54) is 47.7 Å². The number of methoxy groups -OCH3 is 5. The van der Waals surface area contributed by atoms with E-state index in [1.807, 2.05) is 0 Å². The average Bonchev–Trinajstić information content (AvgIpc) is 2.74. The molecule has 0 unspecified atom stereocenters. The molecule has 152 valence electrons. The first-order valence-electron chi connectivity index (χ1n) is 8.58. The SMILES string of the molecule is COC(=O)c1c(OC)cc2c(c1C)C(=O)c1c(OC)c(OC)cc(OC)c1C2=O. The van der Waals surface area contributed by atoms with E-state index < -0.39 is 17.5 Å². The molecule has 0 saturated heterocycles. The van der Waals surface area contributed by atoms with Gasteiger partial charge in [0.25, 0.3) is 0 Å². The molecule has 29 heavy (non-hydrogen) atoms. The Morgan fingerprint density at radius 1 is 0.724 bits per heavy atom. The highest BCUT2D eigenvalue weighted by Crippen LogP contribution is 2.46. The van der Waals surface area contributed by atoms with Crippen LogP contribution in [0.2, 0.25) is 0 Å². The van der Waals surface area contributed by atoms with Crippen molar-refractivity contribution in [2.24, 2.45) is 0 Å². The maximum absolute atomic E-state index is 13.5. The second kappa shape index (κ2) is 7.46. The van der Waals surface area contributed by atoms with Gasteiger partial charge in [-0.1, -0.05) is 0 Å².